The molecule has 0 heterocycles. The molecule has 5 heteroatoms. The molecule has 0 spiro atoms. The molecule has 1 aliphatic carbocycles. The van der Waals surface area contributed by atoms with Gasteiger partial charge in [0.25, 0.3) is 0 Å². The van der Waals surface area contributed by atoms with Crippen LogP contribution in [0.1, 0.15) is 62.5 Å². The van der Waals surface area contributed by atoms with Gasteiger partial charge < -0.3 is 19.9 Å². The molecule has 2 rings (SSSR count). The Morgan fingerprint density at radius 1 is 1.10 bits per heavy atom. The molecule has 2 amide bonds. The lowest BCUT2D eigenvalue weighted by atomic mass is 9.92. The van der Waals surface area contributed by atoms with E-state index in [0.717, 1.165) is 57.5 Å². The number of urea groups is 1. The normalized spacial score (nSPS) is 18.7. The molecule has 0 aromatic heterocycles. The summed E-state index contributed by atoms with van der Waals surface area (Å²) in [5.74, 6) is 0. The van der Waals surface area contributed by atoms with Gasteiger partial charge in [-0.05, 0) is 89.2 Å². The lowest BCUT2D eigenvalue weighted by Crippen LogP contribution is -2.42. The molecule has 1 aromatic carbocycles. The van der Waals surface area contributed by atoms with E-state index in [-0.39, 0.29) is 6.03 Å². The SMILES string of the molecule is C=CCN(C)CCCCCCOC1CCC(N(C)C(=O)Nc2ccc(C)c(C)c2)CC1. The topological polar surface area (TPSA) is 44.8 Å². The van der Waals surface area contributed by atoms with E-state index in [2.05, 4.69) is 43.8 Å². The number of carbonyl (C=O) groups excluding carboxylic acids is 1. The first kappa shape index (κ1) is 25.4. The lowest BCUT2D eigenvalue weighted by molar-refractivity contribution is 0.0130. The highest BCUT2D eigenvalue weighted by atomic mass is 16.5. The molecule has 1 N–H and O–H groups in total. The highest BCUT2D eigenvalue weighted by Crippen LogP contribution is 2.25. The first-order valence-electron chi connectivity index (χ1n) is 11.9. The number of likely N-dealkylation sites (N-methyl/N-ethyl adjacent to an activating group) is 1. The van der Waals surface area contributed by atoms with Crippen LogP contribution in [-0.4, -0.2) is 61.8 Å². The molecule has 1 aromatic rings. The Hall–Kier alpha value is -1.85. The maximum atomic E-state index is 12.6. The summed E-state index contributed by atoms with van der Waals surface area (Å²) in [5, 5.41) is 3.04. The quantitative estimate of drug-likeness (QED) is 0.339. The molecule has 0 atom stereocenters. The minimum atomic E-state index is -0.0219. The Bertz CT molecular complexity index is 683. The molecule has 0 radical (unpaired) electrons. The molecule has 0 unspecified atom stereocenters. The first-order chi connectivity index (χ1) is 14.9. The molecule has 174 valence electrons. The van der Waals surface area contributed by atoms with Crippen LogP contribution in [0.25, 0.3) is 0 Å². The Labute approximate surface area is 189 Å². The number of nitrogens with zero attached hydrogens (tertiary/aromatic N) is 2. The van der Waals surface area contributed by atoms with Crippen LogP contribution in [0.5, 0.6) is 0 Å². The lowest BCUT2D eigenvalue weighted by Gasteiger charge is -2.34. The summed E-state index contributed by atoms with van der Waals surface area (Å²) in [7, 11) is 4.06. The average molecular weight is 430 g/mol. The van der Waals surface area contributed by atoms with Crippen molar-refractivity contribution >= 4 is 11.7 Å². The number of amides is 2. The molecule has 1 aliphatic rings. The summed E-state index contributed by atoms with van der Waals surface area (Å²) in [6.45, 7) is 10.9. The molecule has 5 nitrogen and oxygen atoms in total. The van der Waals surface area contributed by atoms with E-state index >= 15 is 0 Å². The van der Waals surface area contributed by atoms with Crippen molar-refractivity contribution in [2.24, 2.45) is 0 Å². The Kier molecular flexibility index (Phi) is 11.1. The Balaban J connectivity index is 1.58. The van der Waals surface area contributed by atoms with Crippen LogP contribution in [0.15, 0.2) is 30.9 Å². The molecule has 1 fully saturated rings. The van der Waals surface area contributed by atoms with Crippen molar-refractivity contribution in [2.45, 2.75) is 77.4 Å². The second-order valence-electron chi connectivity index (χ2n) is 9.11. The summed E-state index contributed by atoms with van der Waals surface area (Å²) in [6.07, 6.45) is 11.3. The van der Waals surface area contributed by atoms with E-state index < -0.39 is 0 Å². The minimum Gasteiger partial charge on any atom is -0.378 e. The van der Waals surface area contributed by atoms with Crippen molar-refractivity contribution in [3.05, 3.63) is 42.0 Å². The summed E-state index contributed by atoms with van der Waals surface area (Å²) in [6, 6.07) is 6.32. The van der Waals surface area contributed by atoms with Gasteiger partial charge in [-0.2, -0.15) is 0 Å². The zero-order chi connectivity index (χ0) is 22.6. The standard InChI is InChI=1S/C26H43N3O2/c1-6-17-28(4)18-9-7-8-10-19-31-25-15-13-24(14-16-25)29(5)26(30)27-23-12-11-21(2)22(3)20-23/h6,11-12,20,24-25H,1,7-10,13-19H2,2-5H3,(H,27,30). The zero-order valence-corrected chi connectivity index (χ0v) is 20.2. The van der Waals surface area contributed by atoms with Gasteiger partial charge in [0.2, 0.25) is 0 Å². The zero-order valence-electron chi connectivity index (χ0n) is 20.2. The van der Waals surface area contributed by atoms with E-state index in [0.29, 0.717) is 12.1 Å². The van der Waals surface area contributed by atoms with E-state index in [1.807, 2.05) is 30.2 Å². The molecule has 1 saturated carbocycles. The van der Waals surface area contributed by atoms with Gasteiger partial charge in [0.05, 0.1) is 6.10 Å². The fourth-order valence-corrected chi connectivity index (χ4v) is 4.19. The summed E-state index contributed by atoms with van der Waals surface area (Å²) < 4.78 is 6.11. The number of aryl methyl sites for hydroxylation is 2. The number of rotatable bonds is 12. The third kappa shape index (κ3) is 9.04. The second-order valence-corrected chi connectivity index (χ2v) is 9.11. The predicted molar refractivity (Wildman–Crippen MR) is 131 cm³/mol. The van der Waals surface area contributed by atoms with Crippen LogP contribution < -0.4 is 5.32 Å². The minimum absolute atomic E-state index is 0.0219. The summed E-state index contributed by atoms with van der Waals surface area (Å²) in [5.41, 5.74) is 3.29. The van der Waals surface area contributed by atoms with Gasteiger partial charge in [-0.25, -0.2) is 4.79 Å². The fourth-order valence-electron chi connectivity index (χ4n) is 4.19. The summed E-state index contributed by atoms with van der Waals surface area (Å²) >= 11 is 0. The fraction of sp³-hybridized carbons (Fsp3) is 0.654. The van der Waals surface area contributed by atoms with Gasteiger partial charge >= 0.3 is 6.03 Å². The number of hydrogen-bond donors (Lipinski definition) is 1. The predicted octanol–water partition coefficient (Wildman–Crippen LogP) is 5.77. The molecule has 0 bridgehead atoms. The number of unbranched alkanes of at least 4 members (excludes halogenated alkanes) is 3. The van der Waals surface area contributed by atoms with Crippen LogP contribution in [0.3, 0.4) is 0 Å². The van der Waals surface area contributed by atoms with Crippen LogP contribution in [0.4, 0.5) is 10.5 Å². The maximum absolute atomic E-state index is 12.6. The molecular formula is C26H43N3O2. The van der Waals surface area contributed by atoms with Crippen LogP contribution in [0.2, 0.25) is 0 Å². The smallest absolute Gasteiger partial charge is 0.321 e. The Morgan fingerprint density at radius 2 is 1.81 bits per heavy atom. The first-order valence-corrected chi connectivity index (χ1v) is 11.9. The van der Waals surface area contributed by atoms with E-state index in [4.69, 9.17) is 4.74 Å². The molecule has 31 heavy (non-hydrogen) atoms. The largest absolute Gasteiger partial charge is 0.378 e. The average Bonchev–Trinajstić information content (AvgIpc) is 2.75. The molecule has 0 aliphatic heterocycles. The van der Waals surface area contributed by atoms with Crippen LogP contribution in [0, 0.1) is 13.8 Å². The maximum Gasteiger partial charge on any atom is 0.321 e. The third-order valence-corrected chi connectivity index (χ3v) is 6.50. The van der Waals surface area contributed by atoms with Crippen LogP contribution in [-0.2, 0) is 4.74 Å². The van der Waals surface area contributed by atoms with Gasteiger partial charge in [-0.3, -0.25) is 0 Å². The highest BCUT2D eigenvalue weighted by molar-refractivity contribution is 5.89. The van der Waals surface area contributed by atoms with Gasteiger partial charge in [-0.15, -0.1) is 6.58 Å². The van der Waals surface area contributed by atoms with Crippen molar-refractivity contribution in [1.82, 2.24) is 9.80 Å². The Morgan fingerprint density at radius 3 is 2.48 bits per heavy atom. The van der Waals surface area contributed by atoms with Gasteiger partial charge in [-0.1, -0.05) is 25.0 Å². The van der Waals surface area contributed by atoms with Gasteiger partial charge in [0.1, 0.15) is 0 Å². The third-order valence-electron chi connectivity index (χ3n) is 6.50. The van der Waals surface area contributed by atoms with Crippen molar-refractivity contribution in [2.75, 3.05) is 39.1 Å². The molecular weight excluding hydrogens is 386 g/mol. The van der Waals surface area contributed by atoms with E-state index in [1.165, 1.54) is 30.4 Å². The van der Waals surface area contributed by atoms with Crippen LogP contribution >= 0.6 is 0 Å². The number of hydrogen-bond acceptors (Lipinski definition) is 3. The van der Waals surface area contributed by atoms with Crippen molar-refractivity contribution in [3.8, 4) is 0 Å². The van der Waals surface area contributed by atoms with Gasteiger partial charge in [0.15, 0.2) is 0 Å². The number of ether oxygens (including phenoxy) is 1. The van der Waals surface area contributed by atoms with Crippen molar-refractivity contribution in [3.63, 3.8) is 0 Å². The highest BCUT2D eigenvalue weighted by Gasteiger charge is 2.27. The summed E-state index contributed by atoms with van der Waals surface area (Å²) in [4.78, 5) is 16.8. The van der Waals surface area contributed by atoms with Gasteiger partial charge in [0, 0.05) is 31.9 Å². The second kappa shape index (κ2) is 13.5. The monoisotopic (exact) mass is 429 g/mol. The number of nitrogens with one attached hydrogen (secondary N) is 1. The number of carbonyl (C=O) groups is 1. The van der Waals surface area contributed by atoms with Crippen molar-refractivity contribution in [1.29, 1.82) is 0 Å². The van der Waals surface area contributed by atoms with E-state index in [9.17, 15) is 4.79 Å². The number of anilines is 1. The van der Waals surface area contributed by atoms with Crippen molar-refractivity contribution < 1.29 is 9.53 Å². The molecule has 0 saturated heterocycles. The number of benzene rings is 1. The van der Waals surface area contributed by atoms with E-state index in [1.54, 1.807) is 0 Å².